The van der Waals surface area contributed by atoms with Crippen molar-refractivity contribution in [1.29, 1.82) is 0 Å². The van der Waals surface area contributed by atoms with E-state index >= 15 is 0 Å². The summed E-state index contributed by atoms with van der Waals surface area (Å²) in [5.41, 5.74) is 4.11. The van der Waals surface area contributed by atoms with E-state index < -0.39 is 23.4 Å². The number of rotatable bonds is 7. The molecule has 210 valence electrons. The molecule has 2 N–H and O–H groups in total. The summed E-state index contributed by atoms with van der Waals surface area (Å²) < 4.78 is 56.4. The topological polar surface area (TPSA) is 124 Å². The molecule has 13 heteroatoms. The summed E-state index contributed by atoms with van der Waals surface area (Å²) in [6, 6.07) is 5.15. The lowest BCUT2D eigenvalue weighted by atomic mass is 10.1. The van der Waals surface area contributed by atoms with Crippen LogP contribution in [0.2, 0.25) is 0 Å². The number of piperazine rings is 1. The van der Waals surface area contributed by atoms with Crippen molar-refractivity contribution in [3.63, 3.8) is 0 Å². The number of hydrogen-bond acceptors (Lipinski definition) is 8. The number of oxazole rings is 1. The molecule has 0 bridgehead atoms. The van der Waals surface area contributed by atoms with Crippen molar-refractivity contribution in [3.8, 4) is 17.2 Å². The second kappa shape index (κ2) is 10.8. The number of alkyl halides is 3. The Morgan fingerprint density at radius 1 is 1.05 bits per heavy atom. The van der Waals surface area contributed by atoms with Gasteiger partial charge in [0.05, 0.1) is 13.7 Å². The lowest BCUT2D eigenvalue weighted by Gasteiger charge is -2.38. The second-order valence-corrected chi connectivity index (χ2v) is 9.43. The van der Waals surface area contributed by atoms with Crippen LogP contribution in [-0.4, -0.2) is 77.1 Å². The Morgan fingerprint density at radius 3 is 2.31 bits per heavy atom. The van der Waals surface area contributed by atoms with Crippen LogP contribution in [0.3, 0.4) is 0 Å². The number of nitrogens with zero attached hydrogens (tertiary/aromatic N) is 4. The molecular weight excluding hydrogens is 519 g/mol. The number of pyridine rings is 1. The SMILES string of the molecule is CCOC(C)(C)C(=O)N1CCN(C(=O)c2nc(-c3ccc(OC)c4nc(C(F)(F)F)ccc34)oc2CN)CC1. The number of aromatic nitrogens is 2. The molecule has 4 rings (SSSR count). The van der Waals surface area contributed by atoms with E-state index in [9.17, 15) is 22.8 Å². The molecule has 1 aliphatic rings. The van der Waals surface area contributed by atoms with E-state index in [1.165, 1.54) is 19.2 Å². The average Bonchev–Trinajstić information content (AvgIpc) is 3.35. The van der Waals surface area contributed by atoms with E-state index in [4.69, 9.17) is 19.6 Å². The molecule has 0 saturated carbocycles. The van der Waals surface area contributed by atoms with Crippen molar-refractivity contribution in [2.75, 3.05) is 39.9 Å². The van der Waals surface area contributed by atoms with Gasteiger partial charge in [-0.3, -0.25) is 9.59 Å². The highest BCUT2D eigenvalue weighted by Gasteiger charge is 2.36. The smallest absolute Gasteiger partial charge is 0.433 e. The van der Waals surface area contributed by atoms with E-state index in [1.807, 2.05) is 6.92 Å². The van der Waals surface area contributed by atoms with Crippen LogP contribution >= 0.6 is 0 Å². The maximum absolute atomic E-state index is 13.4. The first-order valence-corrected chi connectivity index (χ1v) is 12.4. The lowest BCUT2D eigenvalue weighted by molar-refractivity contribution is -0.155. The number of hydrogen-bond donors (Lipinski definition) is 1. The molecule has 0 unspecified atom stereocenters. The molecule has 0 aliphatic carbocycles. The number of carbonyl (C=O) groups excluding carboxylic acids is 2. The lowest BCUT2D eigenvalue weighted by Crippen LogP contribution is -2.55. The molecule has 3 aromatic rings. The highest BCUT2D eigenvalue weighted by atomic mass is 19.4. The van der Waals surface area contributed by atoms with Crippen LogP contribution in [0.4, 0.5) is 13.2 Å². The van der Waals surface area contributed by atoms with Crippen LogP contribution in [0, 0.1) is 0 Å². The van der Waals surface area contributed by atoms with Crippen molar-refractivity contribution in [3.05, 3.63) is 41.4 Å². The minimum absolute atomic E-state index is 0.00533. The number of carbonyl (C=O) groups is 2. The Kier molecular flexibility index (Phi) is 7.84. The van der Waals surface area contributed by atoms with Crippen molar-refractivity contribution in [2.45, 2.75) is 39.1 Å². The van der Waals surface area contributed by atoms with Crippen LogP contribution in [0.5, 0.6) is 5.75 Å². The quantitative estimate of drug-likeness (QED) is 0.475. The second-order valence-electron chi connectivity index (χ2n) is 9.43. The summed E-state index contributed by atoms with van der Waals surface area (Å²) >= 11 is 0. The Hall–Kier alpha value is -3.71. The van der Waals surface area contributed by atoms with Gasteiger partial charge in [0.15, 0.2) is 11.5 Å². The minimum Gasteiger partial charge on any atom is -0.494 e. The van der Waals surface area contributed by atoms with Gasteiger partial charge in [-0.15, -0.1) is 0 Å². The first-order chi connectivity index (χ1) is 18.4. The van der Waals surface area contributed by atoms with Gasteiger partial charge in [-0.05, 0) is 45.0 Å². The number of methoxy groups -OCH3 is 1. The predicted octanol–water partition coefficient (Wildman–Crippen LogP) is 3.48. The molecule has 39 heavy (non-hydrogen) atoms. The fourth-order valence-corrected chi connectivity index (χ4v) is 4.54. The summed E-state index contributed by atoms with van der Waals surface area (Å²) in [5, 5.41) is 0.301. The third-order valence-electron chi connectivity index (χ3n) is 6.52. The monoisotopic (exact) mass is 549 g/mol. The van der Waals surface area contributed by atoms with Gasteiger partial charge in [0.25, 0.3) is 11.8 Å². The molecule has 3 heterocycles. The van der Waals surface area contributed by atoms with Crippen LogP contribution in [0.1, 0.15) is 42.7 Å². The van der Waals surface area contributed by atoms with Gasteiger partial charge in [0.1, 0.15) is 22.6 Å². The van der Waals surface area contributed by atoms with Crippen molar-refractivity contribution in [2.24, 2.45) is 5.73 Å². The molecule has 0 spiro atoms. The Morgan fingerprint density at radius 2 is 1.72 bits per heavy atom. The predicted molar refractivity (Wildman–Crippen MR) is 135 cm³/mol. The van der Waals surface area contributed by atoms with Crippen molar-refractivity contribution < 1.29 is 36.7 Å². The maximum atomic E-state index is 13.4. The molecule has 1 aliphatic heterocycles. The van der Waals surface area contributed by atoms with E-state index in [-0.39, 0.29) is 54.2 Å². The highest BCUT2D eigenvalue weighted by Crippen LogP contribution is 2.37. The van der Waals surface area contributed by atoms with Crippen LogP contribution < -0.4 is 10.5 Å². The fraction of sp³-hybridized carbons (Fsp3) is 0.462. The Bertz CT molecular complexity index is 1380. The molecule has 2 amide bonds. The van der Waals surface area contributed by atoms with Gasteiger partial charge in [-0.25, -0.2) is 9.97 Å². The number of nitrogens with two attached hydrogens (primary N) is 1. The van der Waals surface area contributed by atoms with Gasteiger partial charge in [0, 0.05) is 43.7 Å². The summed E-state index contributed by atoms with van der Waals surface area (Å²) in [4.78, 5) is 37.6. The van der Waals surface area contributed by atoms with Crippen LogP contribution in [0.15, 0.2) is 28.7 Å². The zero-order chi connectivity index (χ0) is 28.5. The third kappa shape index (κ3) is 5.55. The first kappa shape index (κ1) is 28.3. The summed E-state index contributed by atoms with van der Waals surface area (Å²) in [6.45, 7) is 6.70. The van der Waals surface area contributed by atoms with Crippen molar-refractivity contribution >= 4 is 22.7 Å². The highest BCUT2D eigenvalue weighted by molar-refractivity contribution is 5.98. The number of benzene rings is 1. The number of ether oxygens (including phenoxy) is 2. The normalized spacial score (nSPS) is 14.7. The molecule has 2 aromatic heterocycles. The molecule has 1 fully saturated rings. The third-order valence-corrected chi connectivity index (χ3v) is 6.52. The average molecular weight is 550 g/mol. The Balaban J connectivity index is 1.61. The van der Waals surface area contributed by atoms with Gasteiger partial charge < -0.3 is 29.4 Å². The summed E-state index contributed by atoms with van der Waals surface area (Å²) in [7, 11) is 1.33. The van der Waals surface area contributed by atoms with E-state index in [0.29, 0.717) is 30.6 Å². The van der Waals surface area contributed by atoms with Crippen LogP contribution in [0.25, 0.3) is 22.4 Å². The van der Waals surface area contributed by atoms with E-state index in [2.05, 4.69) is 9.97 Å². The number of fused-ring (bicyclic) bond motifs is 1. The zero-order valence-electron chi connectivity index (χ0n) is 22.1. The molecule has 0 radical (unpaired) electrons. The first-order valence-electron chi connectivity index (χ1n) is 12.4. The minimum atomic E-state index is -4.64. The standard InChI is InChI=1S/C26H30F3N5O5/c1-5-38-25(2,3)24(36)34-12-10-33(11-13-34)23(35)21-18(14-30)39-22(32-21)16-6-8-17(37-4)20-15(16)7-9-19(31-20)26(27,28)29/h6-9H,5,10-14,30H2,1-4H3. The molecule has 1 aromatic carbocycles. The van der Waals surface area contributed by atoms with E-state index in [1.54, 1.807) is 29.7 Å². The Labute approximate surface area is 222 Å². The van der Waals surface area contributed by atoms with Gasteiger partial charge in [0.2, 0.25) is 5.89 Å². The van der Waals surface area contributed by atoms with Gasteiger partial charge >= 0.3 is 6.18 Å². The summed E-state index contributed by atoms with van der Waals surface area (Å²) in [6.07, 6.45) is -4.64. The number of amides is 2. The molecular formula is C26H30F3N5O5. The van der Waals surface area contributed by atoms with Crippen molar-refractivity contribution in [1.82, 2.24) is 19.8 Å². The van der Waals surface area contributed by atoms with Gasteiger partial charge in [-0.2, -0.15) is 13.2 Å². The fourth-order valence-electron chi connectivity index (χ4n) is 4.54. The largest absolute Gasteiger partial charge is 0.494 e. The number of halogens is 3. The van der Waals surface area contributed by atoms with Gasteiger partial charge in [-0.1, -0.05) is 0 Å². The molecule has 0 atom stereocenters. The summed E-state index contributed by atoms with van der Waals surface area (Å²) in [5.74, 6) is -0.287. The molecule has 1 saturated heterocycles. The zero-order valence-corrected chi connectivity index (χ0v) is 22.1. The van der Waals surface area contributed by atoms with Crippen LogP contribution in [-0.2, 0) is 22.3 Å². The van der Waals surface area contributed by atoms with E-state index in [0.717, 1.165) is 6.07 Å². The molecule has 10 nitrogen and oxygen atoms in total. The maximum Gasteiger partial charge on any atom is 0.433 e.